The van der Waals surface area contributed by atoms with Gasteiger partial charge in [-0.2, -0.15) is 0 Å². The molecule has 1 aliphatic rings. The number of hydrogen-bond acceptors (Lipinski definition) is 21. The summed E-state index contributed by atoms with van der Waals surface area (Å²) in [6.07, 6.45) is 4.22. The molecule has 0 unspecified atom stereocenters. The van der Waals surface area contributed by atoms with Gasteiger partial charge in [0.25, 0.3) is 0 Å². The Kier molecular flexibility index (Phi) is 31.2. The summed E-state index contributed by atoms with van der Waals surface area (Å²) in [6, 6.07) is 22.5. The highest BCUT2D eigenvalue weighted by molar-refractivity contribution is 7.86. The van der Waals surface area contributed by atoms with Crippen LogP contribution in [0.4, 0.5) is 0 Å². The van der Waals surface area contributed by atoms with E-state index in [0.29, 0.717) is 51.1 Å². The van der Waals surface area contributed by atoms with Crippen molar-refractivity contribution in [2.75, 3.05) is 43.7 Å². The monoisotopic (exact) mass is 1110 g/mol. The number of esters is 6. The summed E-state index contributed by atoms with van der Waals surface area (Å²) in [5.41, 5.74) is 5.66. The van der Waals surface area contributed by atoms with E-state index in [1.165, 1.54) is 0 Å². The van der Waals surface area contributed by atoms with Crippen LogP contribution in [-0.4, -0.2) is 142 Å². The Morgan fingerprint density at radius 3 is 1.18 bits per heavy atom. The van der Waals surface area contributed by atoms with Crippen molar-refractivity contribution >= 4 is 89.7 Å². The normalized spacial score (nSPS) is 14.2. The maximum absolute atomic E-state index is 12.2. The summed E-state index contributed by atoms with van der Waals surface area (Å²) in [4.78, 5) is 69.8. The second-order valence-electron chi connectivity index (χ2n) is 16.9. The predicted molar refractivity (Wildman–Crippen MR) is 272 cm³/mol. The molecule has 0 saturated heterocycles. The Morgan fingerprint density at radius 2 is 0.776 bits per heavy atom. The van der Waals surface area contributed by atoms with E-state index in [1.807, 2.05) is 72.8 Å². The zero-order valence-corrected chi connectivity index (χ0v) is 44.3. The van der Waals surface area contributed by atoms with E-state index in [-0.39, 0.29) is 76.2 Å². The molecule has 76 heavy (non-hydrogen) atoms. The van der Waals surface area contributed by atoms with Gasteiger partial charge >= 0.3 is 35.8 Å². The number of rotatable bonds is 29. The van der Waals surface area contributed by atoms with E-state index in [9.17, 15) is 67.7 Å². The highest BCUT2D eigenvalue weighted by Gasteiger charge is 2.31. The topological polar surface area (TPSA) is 329 Å². The van der Waals surface area contributed by atoms with Gasteiger partial charge in [-0.05, 0) is 60.8 Å². The SMILES string of the molecule is [B]Cc1ccc(CCOC(=O)CCCC(=O)OCCS(=O)(=O)[O-])cc1.[B]Cc1ccc(COC(=O)C2CCC(C(=O)OCCS(=O)(=O)[O-])CC2)cc1.[B]Cc1ccccc1COC(=O)CCCC(=O)OCCS(=O)(=O)[O-]. The number of carbonyl (C=O) groups excluding carboxylic acids is 6. The zero-order valence-electron chi connectivity index (χ0n) is 41.9. The van der Waals surface area contributed by atoms with Crippen LogP contribution in [0.5, 0.6) is 0 Å². The third-order valence-electron chi connectivity index (χ3n) is 11.0. The molecule has 21 nitrogen and oxygen atoms in total. The molecule has 412 valence electrons. The molecule has 6 radical (unpaired) electrons. The van der Waals surface area contributed by atoms with Crippen molar-refractivity contribution < 1.29 is 96.1 Å². The first-order chi connectivity index (χ1) is 35.9. The lowest BCUT2D eigenvalue weighted by atomic mass is 9.82. The van der Waals surface area contributed by atoms with Crippen molar-refractivity contribution in [2.45, 2.75) is 103 Å². The van der Waals surface area contributed by atoms with Gasteiger partial charge in [-0.1, -0.05) is 103 Å². The Hall–Kier alpha value is -5.60. The second kappa shape index (κ2) is 35.7. The van der Waals surface area contributed by atoms with Gasteiger partial charge in [-0.25, -0.2) is 25.3 Å². The van der Waals surface area contributed by atoms with Gasteiger partial charge < -0.3 is 42.1 Å². The number of hydrogen-bond donors (Lipinski definition) is 0. The minimum atomic E-state index is -4.40. The third-order valence-corrected chi connectivity index (χ3v) is 13.0. The van der Waals surface area contributed by atoms with Crippen molar-refractivity contribution in [1.29, 1.82) is 0 Å². The van der Waals surface area contributed by atoms with Crippen LogP contribution in [0.1, 0.15) is 97.6 Å². The van der Waals surface area contributed by atoms with E-state index >= 15 is 0 Å². The van der Waals surface area contributed by atoms with Crippen LogP contribution in [0.15, 0.2) is 72.8 Å². The average Bonchev–Trinajstić information content (AvgIpc) is 3.37. The molecule has 0 amide bonds. The van der Waals surface area contributed by atoms with Gasteiger partial charge in [0.1, 0.15) is 33.0 Å². The van der Waals surface area contributed by atoms with Crippen molar-refractivity contribution in [1.82, 2.24) is 0 Å². The summed E-state index contributed by atoms with van der Waals surface area (Å²) >= 11 is 0. The summed E-state index contributed by atoms with van der Waals surface area (Å²) in [5.74, 6) is -5.91. The van der Waals surface area contributed by atoms with Crippen molar-refractivity contribution in [3.8, 4) is 0 Å². The first kappa shape index (κ1) is 66.5. The predicted octanol–water partition coefficient (Wildman–Crippen LogP) is 2.65. The number of benzene rings is 3. The van der Waals surface area contributed by atoms with E-state index in [0.717, 1.165) is 33.4 Å². The average molecular weight is 1110 g/mol. The molecule has 0 aromatic heterocycles. The molecule has 3 aromatic rings. The smallest absolute Gasteiger partial charge is 0.309 e. The van der Waals surface area contributed by atoms with E-state index in [4.69, 9.17) is 42.5 Å². The highest BCUT2D eigenvalue weighted by Crippen LogP contribution is 2.31. The summed E-state index contributed by atoms with van der Waals surface area (Å²) in [7, 11) is 3.44. The molecule has 0 bridgehead atoms. The Bertz CT molecular complexity index is 2620. The molecule has 1 saturated carbocycles. The van der Waals surface area contributed by atoms with Crippen LogP contribution in [0.3, 0.4) is 0 Å². The minimum Gasteiger partial charge on any atom is -0.748 e. The molecular weight excluding hydrogens is 1050 g/mol. The van der Waals surface area contributed by atoms with Crippen LogP contribution >= 0.6 is 0 Å². The highest BCUT2D eigenvalue weighted by atomic mass is 32.2. The van der Waals surface area contributed by atoms with Gasteiger partial charge in [-0.3, -0.25) is 28.8 Å². The van der Waals surface area contributed by atoms with Gasteiger partial charge in [0.2, 0.25) is 0 Å². The third kappa shape index (κ3) is 32.1. The fraction of sp³-hybridized carbons (Fsp3) is 0.510. The molecule has 0 N–H and O–H groups in total. The first-order valence-corrected chi connectivity index (χ1v) is 28.7. The largest absolute Gasteiger partial charge is 0.748 e. The van der Waals surface area contributed by atoms with Crippen LogP contribution in [0.25, 0.3) is 0 Å². The zero-order chi connectivity index (χ0) is 56.6. The molecule has 4 rings (SSSR count). The standard InChI is InChI=1S/C18H23BO7S.C16H21BO7S.C15H19BO7S/c19-11-13-1-3-14(4-2-13)12-26-18(21)16-7-5-15(6-8-16)17(20)25-9-10-27(22,23)24;17-12-14-6-4-13(5-7-14)8-9-23-15(18)2-1-3-16(19)24-10-11-25(20,21)22;16-10-12-4-1-2-5-13(12)11-23-15(18)7-3-6-14(17)22-8-9-24(19,20)21/h1-4,15-16H,5-12H2,(H,22,23,24);4-7H,1-3,8-12H2,(H,20,21,22);1-2,4-5H,3,6-11H2,(H,19,20,21)/p-3. The lowest BCUT2D eigenvalue weighted by Crippen LogP contribution is -2.29. The molecule has 0 heterocycles. The number of carbonyl (C=O) groups is 6. The summed E-state index contributed by atoms with van der Waals surface area (Å²) in [6.45, 7) is -0.849. The Balaban J connectivity index is 0.000000391. The van der Waals surface area contributed by atoms with Crippen molar-refractivity contribution in [2.24, 2.45) is 11.8 Å². The number of ether oxygens (including phenoxy) is 6. The molecule has 0 atom stereocenters. The van der Waals surface area contributed by atoms with Gasteiger partial charge in [0.05, 0.1) is 89.6 Å². The Labute approximate surface area is 448 Å². The lowest BCUT2D eigenvalue weighted by molar-refractivity contribution is -0.155. The molecule has 0 aliphatic heterocycles. The van der Waals surface area contributed by atoms with E-state index < -0.39 is 97.3 Å². The molecule has 27 heteroatoms. The maximum atomic E-state index is 12.2. The molecule has 3 aromatic carbocycles. The first-order valence-electron chi connectivity index (χ1n) is 24.0. The second-order valence-corrected chi connectivity index (χ2v) is 21.5. The molecule has 1 aliphatic carbocycles. The van der Waals surface area contributed by atoms with Crippen LogP contribution in [0.2, 0.25) is 0 Å². The van der Waals surface area contributed by atoms with Gasteiger partial charge in [-0.15, -0.1) is 0 Å². The fourth-order valence-electron chi connectivity index (χ4n) is 6.71. The van der Waals surface area contributed by atoms with Gasteiger partial charge in [0, 0.05) is 32.1 Å². The van der Waals surface area contributed by atoms with Gasteiger partial charge in [0.15, 0.2) is 0 Å². The van der Waals surface area contributed by atoms with Crippen molar-refractivity contribution in [3.63, 3.8) is 0 Å². The van der Waals surface area contributed by atoms with Crippen LogP contribution in [-0.2, 0) is 126 Å². The molecular formula is C49H60B3O21S3-3. The summed E-state index contributed by atoms with van der Waals surface area (Å²) in [5, 5.41) is 0. The van der Waals surface area contributed by atoms with E-state index in [1.54, 1.807) is 0 Å². The van der Waals surface area contributed by atoms with Crippen LogP contribution in [0, 0.1) is 11.8 Å². The minimum absolute atomic E-state index is 0.0275. The Morgan fingerprint density at radius 1 is 0.421 bits per heavy atom. The maximum Gasteiger partial charge on any atom is 0.309 e. The lowest BCUT2D eigenvalue weighted by Gasteiger charge is -2.26. The van der Waals surface area contributed by atoms with Crippen molar-refractivity contribution in [3.05, 3.63) is 106 Å². The van der Waals surface area contributed by atoms with E-state index in [2.05, 4.69) is 9.47 Å². The summed E-state index contributed by atoms with van der Waals surface area (Å²) < 4.78 is 123. The quantitative estimate of drug-likeness (QED) is 0.0417. The van der Waals surface area contributed by atoms with Crippen LogP contribution < -0.4 is 0 Å². The fourth-order valence-corrected chi connectivity index (χ4v) is 7.57. The molecule has 1 fully saturated rings. The molecule has 0 spiro atoms.